The van der Waals surface area contributed by atoms with Gasteiger partial charge in [0, 0.05) is 18.4 Å². The normalized spacial score (nSPS) is 25.1. The van der Waals surface area contributed by atoms with E-state index in [0.29, 0.717) is 12.5 Å². The van der Waals surface area contributed by atoms with Crippen LogP contribution in [0.15, 0.2) is 60.7 Å². The van der Waals surface area contributed by atoms with E-state index in [0.717, 1.165) is 11.8 Å². The Morgan fingerprint density at radius 3 is 2.04 bits per heavy atom. The van der Waals surface area contributed by atoms with Crippen LogP contribution < -0.4 is 5.32 Å². The van der Waals surface area contributed by atoms with Crippen LogP contribution in [0.1, 0.15) is 49.1 Å². The molecule has 2 bridgehead atoms. The molecule has 0 unspecified atom stereocenters. The van der Waals surface area contributed by atoms with Crippen LogP contribution in [-0.4, -0.2) is 11.9 Å². The van der Waals surface area contributed by atoms with Crippen molar-refractivity contribution in [2.45, 2.75) is 44.1 Å². The van der Waals surface area contributed by atoms with Gasteiger partial charge in [-0.1, -0.05) is 67.1 Å². The zero-order chi connectivity index (χ0) is 16.4. The molecular weight excluding hydrogens is 294 g/mol. The summed E-state index contributed by atoms with van der Waals surface area (Å²) in [6, 6.07) is 21.2. The molecule has 0 aliphatic heterocycles. The van der Waals surface area contributed by atoms with Gasteiger partial charge in [-0.2, -0.15) is 0 Å². The lowest BCUT2D eigenvalue weighted by molar-refractivity contribution is -0.122. The fraction of sp³-hybridized carbons (Fsp3) is 0.409. The fourth-order valence-electron chi connectivity index (χ4n) is 4.67. The molecule has 2 fully saturated rings. The first kappa shape index (κ1) is 15.4. The molecule has 3 atom stereocenters. The summed E-state index contributed by atoms with van der Waals surface area (Å²) in [5, 5.41) is 3.34. The van der Waals surface area contributed by atoms with Gasteiger partial charge in [0.25, 0.3) is 0 Å². The van der Waals surface area contributed by atoms with Crippen LogP contribution in [0.2, 0.25) is 0 Å². The molecule has 2 saturated carbocycles. The molecule has 2 nitrogen and oxygen atoms in total. The smallest absolute Gasteiger partial charge is 0.221 e. The summed E-state index contributed by atoms with van der Waals surface area (Å²) < 4.78 is 0. The lowest BCUT2D eigenvalue weighted by atomic mass is 9.88. The van der Waals surface area contributed by atoms with Crippen LogP contribution >= 0.6 is 0 Å². The summed E-state index contributed by atoms with van der Waals surface area (Å²) in [6.45, 7) is 0. The largest absolute Gasteiger partial charge is 0.353 e. The first-order valence-corrected chi connectivity index (χ1v) is 9.19. The number of nitrogens with one attached hydrogen (secondary N) is 1. The second-order valence-electron chi connectivity index (χ2n) is 7.43. The average molecular weight is 319 g/mol. The van der Waals surface area contributed by atoms with Gasteiger partial charge in [-0.15, -0.1) is 0 Å². The van der Waals surface area contributed by atoms with Crippen molar-refractivity contribution in [1.29, 1.82) is 0 Å². The van der Waals surface area contributed by atoms with E-state index in [1.807, 2.05) is 12.1 Å². The topological polar surface area (TPSA) is 29.1 Å². The van der Waals surface area contributed by atoms with Crippen LogP contribution in [-0.2, 0) is 4.79 Å². The summed E-state index contributed by atoms with van der Waals surface area (Å²) in [5.74, 6) is 1.92. The highest BCUT2D eigenvalue weighted by molar-refractivity contribution is 5.78. The number of fused-ring (bicyclic) bond motifs is 2. The van der Waals surface area contributed by atoms with E-state index in [9.17, 15) is 4.79 Å². The number of hydrogen-bond donors (Lipinski definition) is 1. The number of carbonyl (C=O) groups is 1. The summed E-state index contributed by atoms with van der Waals surface area (Å²) in [5.41, 5.74) is 2.43. The summed E-state index contributed by atoms with van der Waals surface area (Å²) >= 11 is 0. The zero-order valence-corrected chi connectivity index (χ0v) is 14.0. The molecule has 2 heteroatoms. The Balaban J connectivity index is 1.48. The number of carbonyl (C=O) groups excluding carboxylic acids is 1. The van der Waals surface area contributed by atoms with E-state index >= 15 is 0 Å². The van der Waals surface area contributed by atoms with Gasteiger partial charge in [-0.25, -0.2) is 0 Å². The minimum absolute atomic E-state index is 0.131. The van der Waals surface area contributed by atoms with Crippen molar-refractivity contribution in [3.05, 3.63) is 71.8 Å². The second-order valence-corrected chi connectivity index (χ2v) is 7.43. The van der Waals surface area contributed by atoms with Crippen LogP contribution in [0, 0.1) is 11.8 Å². The van der Waals surface area contributed by atoms with Gasteiger partial charge in [0.15, 0.2) is 0 Å². The van der Waals surface area contributed by atoms with E-state index in [2.05, 4.69) is 53.8 Å². The SMILES string of the molecule is O=C(CC(c1ccccc1)c1ccccc1)N[C@@H]1C[C@H]2CC[C@@H]1C2. The average Bonchev–Trinajstić information content (AvgIpc) is 3.24. The van der Waals surface area contributed by atoms with Crippen LogP contribution in [0.3, 0.4) is 0 Å². The third-order valence-electron chi connectivity index (χ3n) is 5.88. The Morgan fingerprint density at radius 2 is 1.54 bits per heavy atom. The number of amides is 1. The molecular formula is C22H25NO. The summed E-state index contributed by atoms with van der Waals surface area (Å²) in [6.07, 6.45) is 5.72. The molecule has 2 aromatic rings. The Hall–Kier alpha value is -2.09. The highest BCUT2D eigenvalue weighted by Gasteiger charge is 2.40. The van der Waals surface area contributed by atoms with Crippen molar-refractivity contribution in [3.63, 3.8) is 0 Å². The highest BCUT2D eigenvalue weighted by atomic mass is 16.1. The quantitative estimate of drug-likeness (QED) is 0.863. The summed E-state index contributed by atoms with van der Waals surface area (Å²) in [4.78, 5) is 12.7. The maximum absolute atomic E-state index is 12.7. The molecule has 4 rings (SSSR count). The van der Waals surface area contributed by atoms with E-state index in [1.165, 1.54) is 36.8 Å². The fourth-order valence-corrected chi connectivity index (χ4v) is 4.67. The molecule has 1 amide bonds. The second kappa shape index (κ2) is 6.80. The molecule has 1 N–H and O–H groups in total. The van der Waals surface area contributed by atoms with E-state index in [1.54, 1.807) is 0 Å². The number of hydrogen-bond acceptors (Lipinski definition) is 1. The maximum atomic E-state index is 12.7. The van der Waals surface area contributed by atoms with Crippen LogP contribution in [0.25, 0.3) is 0 Å². The van der Waals surface area contributed by atoms with Crippen molar-refractivity contribution < 1.29 is 4.79 Å². The van der Waals surface area contributed by atoms with Crippen molar-refractivity contribution in [1.82, 2.24) is 5.32 Å². The molecule has 0 heterocycles. The van der Waals surface area contributed by atoms with E-state index in [-0.39, 0.29) is 11.8 Å². The Kier molecular flexibility index (Phi) is 4.38. The van der Waals surface area contributed by atoms with Crippen molar-refractivity contribution in [3.8, 4) is 0 Å². The van der Waals surface area contributed by atoms with Crippen molar-refractivity contribution in [2.24, 2.45) is 11.8 Å². The van der Waals surface area contributed by atoms with Crippen molar-refractivity contribution in [2.75, 3.05) is 0 Å². The van der Waals surface area contributed by atoms with Crippen LogP contribution in [0.4, 0.5) is 0 Å². The van der Waals surface area contributed by atoms with Gasteiger partial charge in [-0.05, 0) is 42.2 Å². The Bertz CT molecular complexity index is 642. The van der Waals surface area contributed by atoms with Gasteiger partial charge >= 0.3 is 0 Å². The molecule has 0 saturated heterocycles. The molecule has 0 aromatic heterocycles. The third-order valence-corrected chi connectivity index (χ3v) is 5.88. The molecule has 2 aliphatic rings. The first-order valence-electron chi connectivity index (χ1n) is 9.19. The predicted molar refractivity (Wildman–Crippen MR) is 96.7 cm³/mol. The van der Waals surface area contributed by atoms with Gasteiger partial charge in [-0.3, -0.25) is 4.79 Å². The summed E-state index contributed by atoms with van der Waals surface area (Å²) in [7, 11) is 0. The minimum atomic E-state index is 0.131. The molecule has 2 aromatic carbocycles. The molecule has 0 spiro atoms. The van der Waals surface area contributed by atoms with Crippen LogP contribution in [0.5, 0.6) is 0 Å². The zero-order valence-electron chi connectivity index (χ0n) is 14.0. The number of benzene rings is 2. The molecule has 0 radical (unpaired) electrons. The standard InChI is InChI=1S/C22H25NO/c24-22(23-21-14-16-11-12-19(21)13-16)15-20(17-7-3-1-4-8-17)18-9-5-2-6-10-18/h1-10,16,19-21H,11-15H2,(H,23,24)/t16-,19+,21+/m0/s1. The maximum Gasteiger partial charge on any atom is 0.221 e. The Labute approximate surface area is 144 Å². The predicted octanol–water partition coefficient (Wildman–Crippen LogP) is 4.51. The van der Waals surface area contributed by atoms with E-state index in [4.69, 9.17) is 0 Å². The lowest BCUT2D eigenvalue weighted by Gasteiger charge is -2.24. The van der Waals surface area contributed by atoms with Crippen molar-refractivity contribution >= 4 is 5.91 Å². The Morgan fingerprint density at radius 1 is 0.917 bits per heavy atom. The molecule has 2 aliphatic carbocycles. The first-order chi connectivity index (χ1) is 11.8. The van der Waals surface area contributed by atoms with Gasteiger partial charge in [0.2, 0.25) is 5.91 Å². The monoisotopic (exact) mass is 319 g/mol. The molecule has 124 valence electrons. The van der Waals surface area contributed by atoms with Gasteiger partial charge < -0.3 is 5.32 Å². The van der Waals surface area contributed by atoms with Gasteiger partial charge in [0.05, 0.1) is 0 Å². The number of rotatable bonds is 5. The minimum Gasteiger partial charge on any atom is -0.353 e. The lowest BCUT2D eigenvalue weighted by Crippen LogP contribution is -2.39. The highest BCUT2D eigenvalue weighted by Crippen LogP contribution is 2.44. The third kappa shape index (κ3) is 3.24. The van der Waals surface area contributed by atoms with Gasteiger partial charge in [0.1, 0.15) is 0 Å². The van der Waals surface area contributed by atoms with E-state index < -0.39 is 0 Å². The molecule has 24 heavy (non-hydrogen) atoms.